The van der Waals surface area contributed by atoms with Crippen molar-refractivity contribution in [2.45, 2.75) is 134 Å². The molecule has 10 rings (SSSR count). The summed E-state index contributed by atoms with van der Waals surface area (Å²) in [6.07, 6.45) is -2.05. The lowest BCUT2D eigenvalue weighted by Gasteiger charge is -2.62. The van der Waals surface area contributed by atoms with Crippen LogP contribution in [0.2, 0.25) is 0 Å². The van der Waals surface area contributed by atoms with E-state index >= 15 is 4.79 Å². The first kappa shape index (κ1) is 49.3. The van der Waals surface area contributed by atoms with E-state index in [1.807, 2.05) is 24.9 Å². The number of methoxy groups -OCH3 is 2. The van der Waals surface area contributed by atoms with Crippen molar-refractivity contribution in [3.8, 4) is 40.2 Å². The lowest BCUT2D eigenvalue weighted by Crippen LogP contribution is -2.70. The van der Waals surface area contributed by atoms with Crippen LogP contribution in [0.5, 0.6) is 40.2 Å². The Morgan fingerprint density at radius 3 is 2.31 bits per heavy atom. The van der Waals surface area contributed by atoms with Gasteiger partial charge in [0.25, 0.3) is 0 Å². The Balaban J connectivity index is 1.24. The number of carbonyl (C=O) groups excluding carboxylic acids is 4. The molecule has 7 aliphatic rings. The summed E-state index contributed by atoms with van der Waals surface area (Å²) in [6, 6.07) is 1.41. The number of likely N-dealkylation sites (N-methyl/N-ethyl adjacent to an activating group) is 1. The lowest BCUT2D eigenvalue weighted by molar-refractivity contribution is -0.186. The lowest BCUT2D eigenvalue weighted by atomic mass is 9.73. The van der Waals surface area contributed by atoms with Crippen LogP contribution in [0.3, 0.4) is 0 Å². The van der Waals surface area contributed by atoms with Crippen LogP contribution in [0.15, 0.2) is 18.2 Å². The number of aromatic hydroxyl groups is 1. The molecule has 0 radical (unpaired) electrons. The van der Waals surface area contributed by atoms with Crippen LogP contribution in [0.25, 0.3) is 0 Å². The molecule has 2 saturated heterocycles. The molecular weight excluding hydrogens is 929 g/mol. The van der Waals surface area contributed by atoms with Gasteiger partial charge in [0.1, 0.15) is 35.8 Å². The van der Waals surface area contributed by atoms with Gasteiger partial charge in [0.15, 0.2) is 40.0 Å². The number of aliphatic hydroxyl groups excluding tert-OH is 1. The fourth-order valence-electron chi connectivity index (χ4n) is 11.0. The maximum Gasteiger partial charge on any atom is 0.514 e. The largest absolute Gasteiger partial charge is 0.514 e. The quantitative estimate of drug-likeness (QED) is 0.0975. The molecule has 2 fully saturated rings. The molecule has 3 aromatic carbocycles. The van der Waals surface area contributed by atoms with Crippen molar-refractivity contribution in [2.24, 2.45) is 0 Å². The van der Waals surface area contributed by atoms with E-state index in [4.69, 9.17) is 42.6 Å². The molecule has 7 aliphatic heterocycles. The first-order chi connectivity index (χ1) is 33.0. The molecule has 19 nitrogen and oxygen atoms in total. The Labute approximate surface area is 410 Å². The second-order valence-corrected chi connectivity index (χ2v) is 21.8. The number of nitrogens with zero attached hydrogens (tertiary/aromatic N) is 2. The fourth-order valence-corrected chi connectivity index (χ4v) is 12.7. The van der Waals surface area contributed by atoms with Gasteiger partial charge in [-0.1, -0.05) is 6.07 Å². The topological polar surface area (TPSA) is 222 Å². The Hall–Kier alpha value is -5.67. The van der Waals surface area contributed by atoms with Crippen LogP contribution in [0, 0.1) is 13.8 Å². The summed E-state index contributed by atoms with van der Waals surface area (Å²) in [5.41, 5.74) is 1.73. The van der Waals surface area contributed by atoms with Crippen molar-refractivity contribution in [1.82, 2.24) is 20.4 Å². The van der Waals surface area contributed by atoms with E-state index in [1.54, 1.807) is 60.6 Å². The highest BCUT2D eigenvalue weighted by molar-refractivity contribution is 7.99. The number of phenolic OH excluding ortho intramolecular Hbond substituents is 1. The van der Waals surface area contributed by atoms with Gasteiger partial charge in [-0.15, -0.1) is 11.8 Å². The zero-order valence-corrected chi connectivity index (χ0v) is 42.3. The number of benzene rings is 3. The molecule has 7 heterocycles. The average molecular weight is 991 g/mol. The van der Waals surface area contributed by atoms with Crippen LogP contribution < -0.4 is 39.1 Å². The van der Waals surface area contributed by atoms with E-state index in [0.717, 1.165) is 11.1 Å². The zero-order chi connectivity index (χ0) is 50.5. The number of carbonyl (C=O) groups is 4. The Morgan fingerprint density at radius 2 is 1.63 bits per heavy atom. The number of thioether (sulfide) groups is 1. The molecule has 20 heteroatoms. The molecule has 3 aromatic rings. The second-order valence-electron chi connectivity index (χ2n) is 20.7. The molecule has 70 heavy (non-hydrogen) atoms. The predicted octanol–water partition coefficient (Wildman–Crippen LogP) is 5.91. The molecule has 1 unspecified atom stereocenters. The average Bonchev–Trinajstić information content (AvgIpc) is 3.76. The van der Waals surface area contributed by atoms with Crippen LogP contribution in [-0.2, 0) is 42.2 Å². The highest BCUT2D eigenvalue weighted by Crippen LogP contribution is 2.64. The Kier molecular flexibility index (Phi) is 12.6. The number of aliphatic hydroxyl groups is 1. The van der Waals surface area contributed by atoms with Gasteiger partial charge < -0.3 is 58.2 Å². The van der Waals surface area contributed by atoms with Gasteiger partial charge in [-0.2, -0.15) is 0 Å². The number of ether oxygens (including phenoxy) is 9. The van der Waals surface area contributed by atoms with Crippen molar-refractivity contribution in [2.75, 3.05) is 47.0 Å². The minimum Gasteiger partial charge on any atom is -0.504 e. The summed E-state index contributed by atoms with van der Waals surface area (Å²) in [5.74, 6) is 0.00666. The monoisotopic (exact) mass is 990 g/mol. The number of phenols is 1. The number of esters is 2. The maximum absolute atomic E-state index is 15.2. The van der Waals surface area contributed by atoms with Gasteiger partial charge >= 0.3 is 24.2 Å². The Bertz CT molecular complexity index is 2660. The molecule has 0 aliphatic carbocycles. The zero-order valence-electron chi connectivity index (χ0n) is 41.5. The number of hydrogen-bond acceptors (Lipinski definition) is 19. The van der Waals surface area contributed by atoms with Crippen molar-refractivity contribution >= 4 is 35.9 Å². The summed E-state index contributed by atoms with van der Waals surface area (Å²) in [6.45, 7) is 15.3. The van der Waals surface area contributed by atoms with Crippen molar-refractivity contribution in [3.05, 3.63) is 62.7 Å². The van der Waals surface area contributed by atoms with Gasteiger partial charge in [0.05, 0.1) is 37.6 Å². The summed E-state index contributed by atoms with van der Waals surface area (Å²) in [7, 11) is 4.86. The molecule has 8 atom stereocenters. The van der Waals surface area contributed by atoms with Crippen LogP contribution in [0.1, 0.15) is 110 Å². The van der Waals surface area contributed by atoms with E-state index in [-0.39, 0.29) is 42.2 Å². The van der Waals surface area contributed by atoms with Gasteiger partial charge in [-0.25, -0.2) is 19.2 Å². The van der Waals surface area contributed by atoms with Gasteiger partial charge in [0.2, 0.25) is 6.79 Å². The molecule has 4 bridgehead atoms. The van der Waals surface area contributed by atoms with Crippen LogP contribution in [0.4, 0.5) is 9.59 Å². The third kappa shape index (κ3) is 8.27. The molecule has 378 valence electrons. The van der Waals surface area contributed by atoms with Crippen molar-refractivity contribution in [1.29, 1.82) is 0 Å². The first-order valence-corrected chi connectivity index (χ1v) is 24.4. The summed E-state index contributed by atoms with van der Waals surface area (Å²) in [4.78, 5) is 59.4. The van der Waals surface area contributed by atoms with Crippen molar-refractivity contribution in [3.63, 3.8) is 0 Å². The third-order valence-corrected chi connectivity index (χ3v) is 15.4. The van der Waals surface area contributed by atoms with E-state index in [1.165, 1.54) is 32.9 Å². The fraction of sp³-hybridized carbons (Fsp3) is 0.560. The minimum absolute atomic E-state index is 0.0108. The number of alkyl carbamates (subject to hydrolysis) is 1. The molecular formula is C50H62N4O15S. The van der Waals surface area contributed by atoms with E-state index in [0.29, 0.717) is 70.0 Å². The number of aryl methyl sites for hydroxylation is 1. The van der Waals surface area contributed by atoms with Crippen molar-refractivity contribution < 1.29 is 72.0 Å². The molecule has 1 amide bonds. The maximum atomic E-state index is 15.2. The minimum atomic E-state index is -1.53. The Morgan fingerprint density at radius 1 is 0.914 bits per heavy atom. The highest BCUT2D eigenvalue weighted by Gasteiger charge is 2.61. The summed E-state index contributed by atoms with van der Waals surface area (Å²) < 4.78 is 53.6. The smallest absolute Gasteiger partial charge is 0.504 e. The number of hydrogen-bond donors (Lipinski definition) is 4. The normalized spacial score (nSPS) is 26.1. The third-order valence-electron chi connectivity index (χ3n) is 13.9. The predicted molar refractivity (Wildman–Crippen MR) is 253 cm³/mol. The molecule has 0 aromatic heterocycles. The summed E-state index contributed by atoms with van der Waals surface area (Å²) in [5, 5.41) is 30.4. The standard InChI is InChI=1S/C50H62N4O15S/c1-22-15-26-16-28-43(56)54-29-19-63-45(58)50(27-18-30(61-11)31(17-25(27)13-14-51-50)66-47(60)69-49(7,8)9)20-70-42(36(54)35(53(28)10)32(26)37(55)38(22)62-12)34-33(29)41-40(64-21-65-41)23(2)39(34)67-44(57)24(3)52-46(59)68-48(4,5)6/h15,17-18,24,28-29,35-36,42-43,51,55-56H,13-14,16,19-21H2,1-12H3,(H,52,59)/t24-,28-,29-,35-,36?,42+,43-,50+/m0/s1. The van der Waals surface area contributed by atoms with E-state index in [9.17, 15) is 24.6 Å². The van der Waals surface area contributed by atoms with Crippen LogP contribution >= 0.6 is 11.8 Å². The second kappa shape index (κ2) is 17.9. The summed E-state index contributed by atoms with van der Waals surface area (Å²) >= 11 is 1.38. The van der Waals surface area contributed by atoms with Gasteiger partial charge in [0, 0.05) is 40.6 Å². The van der Waals surface area contributed by atoms with Gasteiger partial charge in [-0.3, -0.25) is 15.1 Å². The number of amides is 1. The number of piperazine rings is 1. The van der Waals surface area contributed by atoms with E-state index < -0.39 is 82.6 Å². The first-order valence-electron chi connectivity index (χ1n) is 23.4. The SMILES string of the molecule is COc1cc2c(cc1OC(=O)OC(C)(C)C)CCN[C@]21CS[C@@H]2c3c(OC(=O)[C@H](C)NC(=O)OC(C)(C)C)c(C)c4c(c3[C@H](COC1=O)N1C2[C@@H]2c3c(cc(C)c(OC)c3O)C[C@@H]([C@@H]1O)N2C)OCO4. The number of nitrogens with one attached hydrogen (secondary N) is 2. The van der Waals surface area contributed by atoms with Crippen LogP contribution in [-0.4, -0.2) is 127 Å². The molecule has 0 saturated carbocycles. The number of rotatable bonds is 6. The molecule has 4 N–H and O–H groups in total. The van der Waals surface area contributed by atoms with Gasteiger partial charge in [-0.05, 0) is 117 Å². The number of fused-ring (bicyclic) bond motifs is 9. The molecule has 1 spiro atoms. The highest BCUT2D eigenvalue weighted by atomic mass is 32.2. The van der Waals surface area contributed by atoms with E-state index in [2.05, 4.69) is 15.5 Å².